The van der Waals surface area contributed by atoms with Crippen LogP contribution in [0, 0.1) is 0 Å². The molecule has 0 aliphatic heterocycles. The summed E-state index contributed by atoms with van der Waals surface area (Å²) in [6.07, 6.45) is 3.56. The lowest BCUT2D eigenvalue weighted by atomic mass is 10.0. The minimum Gasteiger partial charge on any atom is -0.343 e. The predicted octanol–water partition coefficient (Wildman–Crippen LogP) is 3.59. The van der Waals surface area contributed by atoms with Gasteiger partial charge in [0.2, 0.25) is 0 Å². The molecule has 0 amide bonds. The van der Waals surface area contributed by atoms with Gasteiger partial charge in [0.05, 0.1) is 10.7 Å². The van der Waals surface area contributed by atoms with E-state index in [1.54, 1.807) is 30.5 Å². The summed E-state index contributed by atoms with van der Waals surface area (Å²) in [5, 5.41) is 1.33. The monoisotopic (exact) mass is 339 g/mol. The Labute approximate surface area is 135 Å². The van der Waals surface area contributed by atoms with E-state index in [1.807, 2.05) is 24.0 Å². The number of hydrogen-bond acceptors (Lipinski definition) is 5. The van der Waals surface area contributed by atoms with Gasteiger partial charge in [-0.25, -0.2) is 4.98 Å². The number of benzene rings is 1. The van der Waals surface area contributed by atoms with Crippen LogP contribution in [0.15, 0.2) is 41.6 Å². The summed E-state index contributed by atoms with van der Waals surface area (Å²) in [6.45, 7) is 0. The van der Waals surface area contributed by atoms with Gasteiger partial charge in [0.15, 0.2) is 5.78 Å². The number of carbonyl (C=O) groups excluding carboxylic acids is 1. The standard InChI is InChI=1S/C14H15ClN3OPS/c1-18(20-16)12-4-3-10(15)8-11(12)14(19)9-5-6-17-13(7-9)21-2/h3-8,20H,16H2,1-2H3. The van der Waals surface area contributed by atoms with E-state index < -0.39 is 0 Å². The number of thioether (sulfide) groups is 1. The summed E-state index contributed by atoms with van der Waals surface area (Å²) in [6, 6.07) is 8.73. The molecule has 7 heteroatoms. The Morgan fingerprint density at radius 2 is 2.14 bits per heavy atom. The molecule has 0 aliphatic carbocycles. The Balaban J connectivity index is 2.49. The van der Waals surface area contributed by atoms with Crippen LogP contribution in [0.2, 0.25) is 5.02 Å². The van der Waals surface area contributed by atoms with Crippen molar-refractivity contribution in [2.45, 2.75) is 5.03 Å². The van der Waals surface area contributed by atoms with E-state index in [0.29, 0.717) is 16.1 Å². The van der Waals surface area contributed by atoms with Gasteiger partial charge in [0.1, 0.15) is 0 Å². The summed E-state index contributed by atoms with van der Waals surface area (Å²) in [7, 11) is 1.92. The van der Waals surface area contributed by atoms with Gasteiger partial charge >= 0.3 is 0 Å². The number of nitrogens with two attached hydrogens (primary N) is 1. The third-order valence-electron chi connectivity index (χ3n) is 2.96. The molecule has 1 aromatic heterocycles. The number of aromatic nitrogens is 1. The number of pyridine rings is 1. The fraction of sp³-hybridized carbons (Fsp3) is 0.143. The molecule has 0 saturated heterocycles. The zero-order valence-electron chi connectivity index (χ0n) is 11.6. The quantitative estimate of drug-likeness (QED) is 0.512. The average Bonchev–Trinajstić information content (AvgIpc) is 2.53. The van der Waals surface area contributed by atoms with Crippen molar-refractivity contribution >= 4 is 43.7 Å². The topological polar surface area (TPSA) is 59.2 Å². The number of carbonyl (C=O) groups is 1. The van der Waals surface area contributed by atoms with Gasteiger partial charge in [-0.2, -0.15) is 0 Å². The maximum atomic E-state index is 12.7. The van der Waals surface area contributed by atoms with Crippen molar-refractivity contribution in [3.05, 3.63) is 52.7 Å². The average molecular weight is 340 g/mol. The van der Waals surface area contributed by atoms with Crippen molar-refractivity contribution in [3.63, 3.8) is 0 Å². The van der Waals surface area contributed by atoms with Crippen molar-refractivity contribution < 1.29 is 4.79 Å². The molecular weight excluding hydrogens is 325 g/mol. The van der Waals surface area contributed by atoms with E-state index in [2.05, 4.69) is 4.98 Å². The summed E-state index contributed by atoms with van der Waals surface area (Å²) in [5.41, 5.74) is 7.59. The van der Waals surface area contributed by atoms with E-state index in [4.69, 9.17) is 17.1 Å². The summed E-state index contributed by atoms with van der Waals surface area (Å²) >= 11 is 7.53. The molecule has 1 heterocycles. The van der Waals surface area contributed by atoms with E-state index in [1.165, 1.54) is 11.8 Å². The molecule has 0 spiro atoms. The highest BCUT2D eigenvalue weighted by Crippen LogP contribution is 2.30. The van der Waals surface area contributed by atoms with Gasteiger partial charge in [-0.15, -0.1) is 11.8 Å². The zero-order chi connectivity index (χ0) is 15.4. The molecular formula is C14H15ClN3OPS. The van der Waals surface area contributed by atoms with Gasteiger partial charge in [-0.3, -0.25) is 10.3 Å². The van der Waals surface area contributed by atoms with Gasteiger partial charge in [-0.05, 0) is 36.6 Å². The SMILES string of the molecule is CSc1cc(C(=O)c2cc(Cl)ccc2N(C)PN)ccn1. The smallest absolute Gasteiger partial charge is 0.195 e. The highest BCUT2D eigenvalue weighted by molar-refractivity contribution is 7.98. The molecule has 0 radical (unpaired) electrons. The van der Waals surface area contributed by atoms with Crippen molar-refractivity contribution in [2.75, 3.05) is 18.0 Å². The minimum atomic E-state index is -0.0877. The predicted molar refractivity (Wildman–Crippen MR) is 91.8 cm³/mol. The molecule has 2 N–H and O–H groups in total. The zero-order valence-corrected chi connectivity index (χ0v) is 14.2. The van der Waals surface area contributed by atoms with Crippen LogP contribution in [0.3, 0.4) is 0 Å². The first-order valence-corrected chi connectivity index (χ1v) is 8.74. The molecule has 2 aromatic rings. The second kappa shape index (κ2) is 7.23. The number of nitrogens with zero attached hydrogens (tertiary/aromatic N) is 2. The van der Waals surface area contributed by atoms with E-state index in [9.17, 15) is 4.79 Å². The Kier molecular flexibility index (Phi) is 5.59. The van der Waals surface area contributed by atoms with Crippen LogP contribution < -0.4 is 10.2 Å². The van der Waals surface area contributed by atoms with Crippen molar-refractivity contribution in [1.82, 2.24) is 4.98 Å². The Morgan fingerprint density at radius 3 is 2.81 bits per heavy atom. The lowest BCUT2D eigenvalue weighted by Gasteiger charge is -2.19. The van der Waals surface area contributed by atoms with Crippen molar-refractivity contribution in [2.24, 2.45) is 5.50 Å². The highest BCUT2D eigenvalue weighted by atomic mass is 35.5. The third-order valence-corrected chi connectivity index (χ3v) is 4.47. The molecule has 110 valence electrons. The van der Waals surface area contributed by atoms with E-state index >= 15 is 0 Å². The van der Waals surface area contributed by atoms with Gasteiger partial charge < -0.3 is 4.67 Å². The number of anilines is 1. The lowest BCUT2D eigenvalue weighted by molar-refractivity contribution is 0.103. The summed E-state index contributed by atoms with van der Waals surface area (Å²) in [5.74, 6) is -0.0877. The molecule has 0 fully saturated rings. The maximum Gasteiger partial charge on any atom is 0.195 e. The molecule has 2 rings (SSSR count). The van der Waals surface area contributed by atoms with Gasteiger partial charge in [-0.1, -0.05) is 11.6 Å². The van der Waals surface area contributed by atoms with Crippen LogP contribution in [0.25, 0.3) is 0 Å². The molecule has 0 bridgehead atoms. The minimum absolute atomic E-state index is 0.0718. The lowest BCUT2D eigenvalue weighted by Crippen LogP contribution is -2.13. The Morgan fingerprint density at radius 1 is 1.38 bits per heavy atom. The normalized spacial score (nSPS) is 11.0. The molecule has 4 nitrogen and oxygen atoms in total. The number of ketones is 1. The number of halogens is 1. The number of rotatable bonds is 5. The highest BCUT2D eigenvalue weighted by Gasteiger charge is 2.17. The van der Waals surface area contributed by atoms with Crippen LogP contribution in [0.5, 0.6) is 0 Å². The van der Waals surface area contributed by atoms with Crippen molar-refractivity contribution in [1.29, 1.82) is 0 Å². The van der Waals surface area contributed by atoms with Crippen LogP contribution in [-0.4, -0.2) is 24.1 Å². The largest absolute Gasteiger partial charge is 0.343 e. The fourth-order valence-corrected chi connectivity index (χ4v) is 2.79. The van der Waals surface area contributed by atoms with E-state index in [-0.39, 0.29) is 14.7 Å². The Hall–Kier alpha value is -1.13. The molecule has 0 saturated carbocycles. The fourth-order valence-electron chi connectivity index (χ4n) is 1.87. The maximum absolute atomic E-state index is 12.7. The second-order valence-electron chi connectivity index (χ2n) is 4.27. The Bertz CT molecular complexity index is 668. The first kappa shape index (κ1) is 16.2. The summed E-state index contributed by atoms with van der Waals surface area (Å²) < 4.78 is 1.83. The first-order valence-electron chi connectivity index (χ1n) is 6.11. The molecule has 1 unspecified atom stereocenters. The van der Waals surface area contributed by atoms with Crippen LogP contribution >= 0.6 is 32.2 Å². The second-order valence-corrected chi connectivity index (χ2v) is 6.46. The molecule has 21 heavy (non-hydrogen) atoms. The van der Waals surface area contributed by atoms with Crippen LogP contribution in [0.1, 0.15) is 15.9 Å². The number of hydrogen-bond donors (Lipinski definition) is 1. The molecule has 1 atom stereocenters. The third kappa shape index (κ3) is 3.74. The molecule has 0 aliphatic rings. The van der Waals surface area contributed by atoms with Crippen molar-refractivity contribution in [3.8, 4) is 0 Å². The van der Waals surface area contributed by atoms with Crippen LogP contribution in [0.4, 0.5) is 5.69 Å². The molecule has 1 aromatic carbocycles. The van der Waals surface area contributed by atoms with Gasteiger partial charge in [0, 0.05) is 38.3 Å². The van der Waals surface area contributed by atoms with Crippen LogP contribution in [-0.2, 0) is 0 Å². The van der Waals surface area contributed by atoms with Gasteiger partial charge in [0.25, 0.3) is 0 Å². The van der Waals surface area contributed by atoms with E-state index in [0.717, 1.165) is 10.7 Å². The first-order chi connectivity index (χ1) is 10.1. The summed E-state index contributed by atoms with van der Waals surface area (Å²) in [4.78, 5) is 16.9.